The summed E-state index contributed by atoms with van der Waals surface area (Å²) in [4.78, 5) is 24.8. The molecule has 0 saturated heterocycles. The van der Waals surface area contributed by atoms with Gasteiger partial charge in [-0.05, 0) is 48.9 Å². The Hall–Kier alpha value is -2.34. The molecule has 1 aliphatic heterocycles. The molecule has 6 heteroatoms. The van der Waals surface area contributed by atoms with Crippen molar-refractivity contribution >= 4 is 35.0 Å². The number of nitrogens with one attached hydrogen (secondary N) is 2. The van der Waals surface area contributed by atoms with Crippen molar-refractivity contribution in [2.45, 2.75) is 23.5 Å². The molecule has 0 aliphatic carbocycles. The van der Waals surface area contributed by atoms with Gasteiger partial charge in [-0.1, -0.05) is 6.07 Å². The Morgan fingerprint density at radius 2 is 2.00 bits per heavy atom. The highest BCUT2D eigenvalue weighted by Gasteiger charge is 2.23. The van der Waals surface area contributed by atoms with E-state index in [0.29, 0.717) is 5.69 Å². The molecule has 2 aromatic rings. The Labute approximate surface area is 137 Å². The van der Waals surface area contributed by atoms with Crippen LogP contribution in [-0.4, -0.2) is 17.1 Å². The number of hydrogen-bond donors (Lipinski definition) is 2. The highest BCUT2D eigenvalue weighted by Crippen LogP contribution is 2.36. The van der Waals surface area contributed by atoms with Crippen molar-refractivity contribution < 1.29 is 14.0 Å². The average Bonchev–Trinajstić information content (AvgIpc) is 2.51. The van der Waals surface area contributed by atoms with Crippen LogP contribution < -0.4 is 10.6 Å². The molecule has 4 nitrogen and oxygen atoms in total. The molecule has 1 unspecified atom stereocenters. The maximum absolute atomic E-state index is 12.8. The summed E-state index contributed by atoms with van der Waals surface area (Å²) in [6.07, 6.45) is 0.181. The molecular weight excluding hydrogens is 315 g/mol. The predicted octanol–water partition coefficient (Wildman–Crippen LogP) is 3.44. The second-order valence-corrected chi connectivity index (χ2v) is 6.69. The molecule has 0 saturated carbocycles. The van der Waals surface area contributed by atoms with E-state index in [-0.39, 0.29) is 29.3 Å². The first kappa shape index (κ1) is 15.6. The number of fused-ring (bicyclic) bond motifs is 1. The third-order valence-corrected chi connectivity index (χ3v) is 4.65. The quantitative estimate of drug-likeness (QED) is 0.906. The van der Waals surface area contributed by atoms with Crippen LogP contribution in [0, 0.1) is 5.82 Å². The van der Waals surface area contributed by atoms with Crippen molar-refractivity contribution in [3.8, 4) is 0 Å². The lowest BCUT2D eigenvalue weighted by Crippen LogP contribution is -2.26. The Morgan fingerprint density at radius 3 is 2.74 bits per heavy atom. The van der Waals surface area contributed by atoms with E-state index < -0.39 is 0 Å². The fraction of sp³-hybridized carbons (Fsp3) is 0.176. The van der Waals surface area contributed by atoms with Crippen molar-refractivity contribution in [1.82, 2.24) is 0 Å². The Bertz CT molecular complexity index is 762. The molecule has 118 valence electrons. The molecule has 2 N–H and O–H groups in total. The van der Waals surface area contributed by atoms with Crippen LogP contribution >= 0.6 is 11.8 Å². The van der Waals surface area contributed by atoms with E-state index in [9.17, 15) is 14.0 Å². The van der Waals surface area contributed by atoms with E-state index in [1.165, 1.54) is 36.0 Å². The number of rotatable bonds is 3. The van der Waals surface area contributed by atoms with Gasteiger partial charge in [0.1, 0.15) is 5.82 Å². The van der Waals surface area contributed by atoms with Gasteiger partial charge in [0, 0.05) is 10.6 Å². The first-order chi connectivity index (χ1) is 11.0. The van der Waals surface area contributed by atoms with Crippen LogP contribution in [0.4, 0.5) is 15.8 Å². The average molecular weight is 330 g/mol. The Kier molecular flexibility index (Phi) is 4.34. The van der Waals surface area contributed by atoms with Crippen LogP contribution in [0.15, 0.2) is 47.4 Å². The summed E-state index contributed by atoms with van der Waals surface area (Å²) in [5, 5.41) is 5.45. The monoisotopic (exact) mass is 330 g/mol. The van der Waals surface area contributed by atoms with Crippen LogP contribution in [0.2, 0.25) is 0 Å². The van der Waals surface area contributed by atoms with E-state index in [2.05, 4.69) is 10.6 Å². The normalized spacial score (nSPS) is 16.4. The third-order valence-electron chi connectivity index (χ3n) is 3.47. The van der Waals surface area contributed by atoms with E-state index in [0.717, 1.165) is 16.1 Å². The molecular formula is C17H15FN2O2S. The smallest absolute Gasteiger partial charge is 0.237 e. The largest absolute Gasteiger partial charge is 0.326 e. The van der Waals surface area contributed by atoms with Crippen molar-refractivity contribution in [3.05, 3.63) is 53.8 Å². The zero-order chi connectivity index (χ0) is 16.4. The topological polar surface area (TPSA) is 58.2 Å². The molecule has 23 heavy (non-hydrogen) atoms. The molecule has 0 radical (unpaired) electrons. The number of anilines is 2. The van der Waals surface area contributed by atoms with Gasteiger partial charge in [-0.25, -0.2) is 4.39 Å². The van der Waals surface area contributed by atoms with Gasteiger partial charge in [0.2, 0.25) is 11.8 Å². The summed E-state index contributed by atoms with van der Waals surface area (Å²) in [7, 11) is 0. The maximum atomic E-state index is 12.8. The van der Waals surface area contributed by atoms with Crippen molar-refractivity contribution in [1.29, 1.82) is 0 Å². The van der Waals surface area contributed by atoms with E-state index in [1.807, 2.05) is 25.1 Å². The van der Waals surface area contributed by atoms with E-state index in [4.69, 9.17) is 0 Å². The molecule has 2 aromatic carbocycles. The summed E-state index contributed by atoms with van der Waals surface area (Å²) in [5.74, 6) is -0.574. The highest BCUT2D eigenvalue weighted by molar-refractivity contribution is 8.00. The molecule has 3 rings (SSSR count). The molecule has 0 bridgehead atoms. The van der Waals surface area contributed by atoms with Gasteiger partial charge >= 0.3 is 0 Å². The zero-order valence-corrected chi connectivity index (χ0v) is 13.2. The van der Waals surface area contributed by atoms with Crippen LogP contribution in [0.1, 0.15) is 12.5 Å². The molecule has 0 fully saturated rings. The number of benzene rings is 2. The van der Waals surface area contributed by atoms with E-state index in [1.54, 1.807) is 0 Å². The minimum atomic E-state index is -0.347. The van der Waals surface area contributed by atoms with Gasteiger partial charge in [0.25, 0.3) is 0 Å². The lowest BCUT2D eigenvalue weighted by atomic mass is 10.1. The highest BCUT2D eigenvalue weighted by atomic mass is 32.2. The summed E-state index contributed by atoms with van der Waals surface area (Å²) in [6, 6.07) is 11.2. The number of carbonyl (C=O) groups excluding carboxylic acids is 2. The number of halogens is 1. The van der Waals surface area contributed by atoms with Crippen molar-refractivity contribution in [3.63, 3.8) is 0 Å². The molecule has 1 atom stereocenters. The minimum Gasteiger partial charge on any atom is -0.326 e. The van der Waals surface area contributed by atoms with E-state index >= 15 is 0 Å². The Morgan fingerprint density at radius 1 is 1.26 bits per heavy atom. The molecule has 1 heterocycles. The minimum absolute atomic E-state index is 0.0320. The summed E-state index contributed by atoms with van der Waals surface area (Å²) in [5.41, 5.74) is 2.09. The summed E-state index contributed by atoms with van der Waals surface area (Å²) in [6.45, 7) is 1.85. The summed E-state index contributed by atoms with van der Waals surface area (Å²) >= 11 is 1.50. The second kappa shape index (κ2) is 6.42. The van der Waals surface area contributed by atoms with Gasteiger partial charge in [-0.3, -0.25) is 9.59 Å². The SMILES string of the molecule is CC1Sc2ccc(CC(=O)Nc3ccc(F)cc3)cc2NC1=O. The van der Waals surface area contributed by atoms with Crippen molar-refractivity contribution in [2.24, 2.45) is 0 Å². The zero-order valence-electron chi connectivity index (χ0n) is 12.4. The Balaban J connectivity index is 1.68. The van der Waals surface area contributed by atoms with Crippen LogP contribution in [-0.2, 0) is 16.0 Å². The fourth-order valence-electron chi connectivity index (χ4n) is 2.29. The molecule has 0 spiro atoms. The predicted molar refractivity (Wildman–Crippen MR) is 89.1 cm³/mol. The van der Waals surface area contributed by atoms with Gasteiger partial charge in [0.15, 0.2) is 0 Å². The standard InChI is InChI=1S/C17H15FN2O2S/c1-10-17(22)20-14-8-11(2-7-15(14)23-10)9-16(21)19-13-5-3-12(18)4-6-13/h2-8,10H,9H2,1H3,(H,19,21)(H,20,22). The van der Waals surface area contributed by atoms with Gasteiger partial charge < -0.3 is 10.6 Å². The third kappa shape index (κ3) is 3.71. The lowest BCUT2D eigenvalue weighted by molar-refractivity contribution is -0.116. The van der Waals surface area contributed by atoms with Gasteiger partial charge in [-0.15, -0.1) is 11.8 Å². The first-order valence-electron chi connectivity index (χ1n) is 7.17. The van der Waals surface area contributed by atoms with Crippen molar-refractivity contribution in [2.75, 3.05) is 10.6 Å². The fourth-order valence-corrected chi connectivity index (χ4v) is 3.22. The van der Waals surface area contributed by atoms with Crippen LogP contribution in [0.5, 0.6) is 0 Å². The lowest BCUT2D eigenvalue weighted by Gasteiger charge is -2.21. The number of amides is 2. The first-order valence-corrected chi connectivity index (χ1v) is 8.05. The molecule has 1 aliphatic rings. The maximum Gasteiger partial charge on any atom is 0.237 e. The number of hydrogen-bond acceptors (Lipinski definition) is 3. The van der Waals surface area contributed by atoms with Crippen LogP contribution in [0.25, 0.3) is 0 Å². The number of carbonyl (C=O) groups is 2. The molecule has 0 aromatic heterocycles. The number of thioether (sulfide) groups is 1. The molecule has 2 amide bonds. The van der Waals surface area contributed by atoms with Gasteiger partial charge in [-0.2, -0.15) is 0 Å². The van der Waals surface area contributed by atoms with Crippen LogP contribution in [0.3, 0.4) is 0 Å². The second-order valence-electron chi connectivity index (χ2n) is 5.31. The summed E-state index contributed by atoms with van der Waals surface area (Å²) < 4.78 is 12.8. The van der Waals surface area contributed by atoms with Gasteiger partial charge in [0.05, 0.1) is 17.4 Å².